The lowest BCUT2D eigenvalue weighted by molar-refractivity contribution is -0.115. The maximum atomic E-state index is 12.8. The molecule has 3 aromatic rings. The van der Waals surface area contributed by atoms with Crippen molar-refractivity contribution in [2.24, 2.45) is 0 Å². The Morgan fingerprint density at radius 2 is 1.70 bits per heavy atom. The van der Waals surface area contributed by atoms with Crippen molar-refractivity contribution in [3.63, 3.8) is 0 Å². The van der Waals surface area contributed by atoms with Gasteiger partial charge in [-0.3, -0.25) is 9.59 Å². The monoisotopic (exact) mass is 445 g/mol. The second-order valence-corrected chi connectivity index (χ2v) is 7.86. The third-order valence-corrected chi connectivity index (χ3v) is 5.57. The summed E-state index contributed by atoms with van der Waals surface area (Å²) in [5.74, 6) is 0.797. The maximum Gasteiger partial charge on any atom is 0.255 e. The van der Waals surface area contributed by atoms with Gasteiger partial charge in [0, 0.05) is 29.5 Å². The minimum absolute atomic E-state index is 0.164. The van der Waals surface area contributed by atoms with Gasteiger partial charge in [0.15, 0.2) is 11.5 Å². The molecule has 0 aromatic heterocycles. The molecule has 0 saturated heterocycles. The average molecular weight is 446 g/mol. The van der Waals surface area contributed by atoms with Crippen LogP contribution in [0.15, 0.2) is 60.7 Å². The topological polar surface area (TPSA) is 88.7 Å². The van der Waals surface area contributed by atoms with E-state index < -0.39 is 0 Å². The van der Waals surface area contributed by atoms with Crippen molar-refractivity contribution < 1.29 is 19.1 Å². The van der Waals surface area contributed by atoms with E-state index in [-0.39, 0.29) is 18.2 Å². The largest absolute Gasteiger partial charge is 0.493 e. The molecule has 2 amide bonds. The highest BCUT2D eigenvalue weighted by molar-refractivity contribution is 6.04. The number of ether oxygens (including phenoxy) is 2. The van der Waals surface area contributed by atoms with Gasteiger partial charge in [0.1, 0.15) is 0 Å². The Morgan fingerprint density at radius 3 is 2.52 bits per heavy atom. The Morgan fingerprint density at radius 1 is 0.879 bits per heavy atom. The highest BCUT2D eigenvalue weighted by atomic mass is 16.5. The van der Waals surface area contributed by atoms with Crippen molar-refractivity contribution in [1.29, 1.82) is 0 Å². The van der Waals surface area contributed by atoms with Crippen molar-refractivity contribution in [1.82, 2.24) is 5.32 Å². The minimum atomic E-state index is -0.172. The van der Waals surface area contributed by atoms with E-state index in [9.17, 15) is 9.59 Å². The molecular formula is C26H27N3O4. The van der Waals surface area contributed by atoms with Crippen molar-refractivity contribution in [3.05, 3.63) is 82.9 Å². The molecule has 0 unspecified atom stereocenters. The molecule has 0 bridgehead atoms. The number of methoxy groups -OCH3 is 2. The van der Waals surface area contributed by atoms with E-state index in [1.54, 1.807) is 32.4 Å². The third kappa shape index (κ3) is 5.51. The van der Waals surface area contributed by atoms with Gasteiger partial charge in [-0.15, -0.1) is 0 Å². The minimum Gasteiger partial charge on any atom is -0.493 e. The van der Waals surface area contributed by atoms with Crippen LogP contribution in [-0.4, -0.2) is 32.6 Å². The summed E-state index contributed by atoms with van der Waals surface area (Å²) in [5, 5.41) is 9.14. The predicted molar refractivity (Wildman–Crippen MR) is 128 cm³/mol. The number of nitrogens with one attached hydrogen (secondary N) is 3. The van der Waals surface area contributed by atoms with E-state index in [0.29, 0.717) is 28.4 Å². The van der Waals surface area contributed by atoms with Crippen LogP contribution in [-0.2, 0) is 24.2 Å². The number of fused-ring (bicyclic) bond motifs is 1. The van der Waals surface area contributed by atoms with E-state index >= 15 is 0 Å². The van der Waals surface area contributed by atoms with Gasteiger partial charge < -0.3 is 25.4 Å². The first-order chi connectivity index (χ1) is 16.1. The summed E-state index contributed by atoms with van der Waals surface area (Å²) in [6.45, 7) is 1.76. The molecule has 0 spiro atoms. The fourth-order valence-corrected chi connectivity index (χ4v) is 3.89. The number of anilines is 2. The Labute approximate surface area is 193 Å². The van der Waals surface area contributed by atoms with Crippen LogP contribution in [0.3, 0.4) is 0 Å². The Kier molecular flexibility index (Phi) is 6.90. The van der Waals surface area contributed by atoms with Gasteiger partial charge >= 0.3 is 0 Å². The highest BCUT2D eigenvalue weighted by Crippen LogP contribution is 2.29. The van der Waals surface area contributed by atoms with E-state index in [0.717, 1.165) is 25.1 Å². The summed E-state index contributed by atoms with van der Waals surface area (Å²) in [7, 11) is 3.11. The average Bonchev–Trinajstić information content (AvgIpc) is 2.83. The van der Waals surface area contributed by atoms with Crippen molar-refractivity contribution >= 4 is 23.2 Å². The predicted octanol–water partition coefficient (Wildman–Crippen LogP) is 3.78. The number of carbonyl (C=O) groups excluding carboxylic acids is 2. The van der Waals surface area contributed by atoms with E-state index in [1.165, 1.54) is 11.1 Å². The fourth-order valence-electron chi connectivity index (χ4n) is 3.89. The van der Waals surface area contributed by atoms with Crippen LogP contribution in [0, 0.1) is 0 Å². The Bertz CT molecular complexity index is 1180. The molecule has 1 aliphatic heterocycles. The number of benzene rings is 3. The molecule has 0 radical (unpaired) electrons. The lowest BCUT2D eigenvalue weighted by atomic mass is 9.98. The number of rotatable bonds is 7. The van der Waals surface area contributed by atoms with Gasteiger partial charge in [0.25, 0.3) is 5.91 Å². The van der Waals surface area contributed by atoms with Crippen LogP contribution >= 0.6 is 0 Å². The summed E-state index contributed by atoms with van der Waals surface area (Å²) in [6, 6.07) is 18.3. The van der Waals surface area contributed by atoms with Crippen LogP contribution in [0.4, 0.5) is 11.4 Å². The summed E-state index contributed by atoms with van der Waals surface area (Å²) in [4.78, 5) is 25.3. The molecule has 4 rings (SSSR count). The summed E-state index contributed by atoms with van der Waals surface area (Å²) < 4.78 is 10.5. The molecule has 3 N–H and O–H groups in total. The van der Waals surface area contributed by atoms with Crippen molar-refractivity contribution in [3.8, 4) is 11.5 Å². The molecule has 1 heterocycles. The van der Waals surface area contributed by atoms with Gasteiger partial charge in [-0.2, -0.15) is 0 Å². The number of amides is 2. The fraction of sp³-hybridized carbons (Fsp3) is 0.231. The first kappa shape index (κ1) is 22.4. The van der Waals surface area contributed by atoms with E-state index in [2.05, 4.69) is 16.0 Å². The van der Waals surface area contributed by atoms with Gasteiger partial charge in [-0.05, 0) is 66.1 Å². The first-order valence-electron chi connectivity index (χ1n) is 10.8. The summed E-state index contributed by atoms with van der Waals surface area (Å²) >= 11 is 0. The summed E-state index contributed by atoms with van der Waals surface area (Å²) in [5.41, 5.74) is 5.14. The van der Waals surface area contributed by atoms with E-state index in [4.69, 9.17) is 9.47 Å². The quantitative estimate of drug-likeness (QED) is 0.515. The number of hydrogen-bond donors (Lipinski definition) is 3. The first-order valence-corrected chi connectivity index (χ1v) is 10.8. The lowest BCUT2D eigenvalue weighted by Gasteiger charge is -2.17. The Hall–Kier alpha value is -3.84. The number of carbonyl (C=O) groups is 2. The third-order valence-electron chi connectivity index (χ3n) is 5.57. The second kappa shape index (κ2) is 10.2. The van der Waals surface area contributed by atoms with E-state index in [1.807, 2.05) is 42.5 Å². The molecule has 170 valence electrons. The molecule has 3 aromatic carbocycles. The van der Waals surface area contributed by atoms with Gasteiger partial charge in [0.2, 0.25) is 5.91 Å². The van der Waals surface area contributed by atoms with Gasteiger partial charge in [-0.25, -0.2) is 0 Å². The molecular weight excluding hydrogens is 418 g/mol. The molecule has 0 aliphatic carbocycles. The van der Waals surface area contributed by atoms with Crippen molar-refractivity contribution in [2.45, 2.75) is 19.4 Å². The molecule has 0 atom stereocenters. The van der Waals surface area contributed by atoms with Gasteiger partial charge in [0.05, 0.1) is 20.6 Å². The Balaban J connectivity index is 1.39. The van der Waals surface area contributed by atoms with Crippen LogP contribution in [0.2, 0.25) is 0 Å². The summed E-state index contributed by atoms with van der Waals surface area (Å²) in [6.07, 6.45) is 1.09. The molecule has 1 aliphatic rings. The zero-order chi connectivity index (χ0) is 23.2. The van der Waals surface area contributed by atoms with Gasteiger partial charge in [-0.1, -0.05) is 18.2 Å². The maximum absolute atomic E-state index is 12.8. The van der Waals surface area contributed by atoms with Crippen molar-refractivity contribution in [2.75, 3.05) is 31.4 Å². The normalized spacial score (nSPS) is 12.4. The van der Waals surface area contributed by atoms with Crippen LogP contribution in [0.1, 0.15) is 27.0 Å². The molecule has 33 heavy (non-hydrogen) atoms. The highest BCUT2D eigenvalue weighted by Gasteiger charge is 2.13. The van der Waals surface area contributed by atoms with Crippen LogP contribution in [0.5, 0.6) is 11.5 Å². The molecule has 7 nitrogen and oxygen atoms in total. The molecule has 0 fully saturated rings. The number of hydrogen-bond acceptors (Lipinski definition) is 5. The zero-order valence-electron chi connectivity index (χ0n) is 18.7. The zero-order valence-corrected chi connectivity index (χ0v) is 18.7. The standard InChI is InChI=1S/C26H27N3O4/c1-32-23-9-8-22(15-24(23)33-2)28-25(30)13-17-4-3-5-21(12-17)29-26(31)19-6-7-20-16-27-11-10-18(20)14-19/h3-9,12,14-15,27H,10-11,13,16H2,1-2H3,(H,28,30)(H,29,31). The second-order valence-electron chi connectivity index (χ2n) is 7.86. The molecule has 7 heteroatoms. The molecule has 0 saturated carbocycles. The lowest BCUT2D eigenvalue weighted by Crippen LogP contribution is -2.24. The van der Waals surface area contributed by atoms with Crippen LogP contribution in [0.25, 0.3) is 0 Å². The SMILES string of the molecule is COc1ccc(NC(=O)Cc2cccc(NC(=O)c3ccc4c(c3)CCNC4)c2)cc1OC. The van der Waals surface area contributed by atoms with Crippen LogP contribution < -0.4 is 25.4 Å². The smallest absolute Gasteiger partial charge is 0.255 e.